The van der Waals surface area contributed by atoms with Crippen molar-refractivity contribution in [2.24, 2.45) is 0 Å². The molecule has 0 aliphatic heterocycles. The first-order chi connectivity index (χ1) is 14.8. The van der Waals surface area contributed by atoms with Crippen molar-refractivity contribution in [3.8, 4) is 0 Å². The largest absolute Gasteiger partial charge is 0.464 e. The third-order valence-electron chi connectivity index (χ3n) is 4.44. The number of nitrogens with zero attached hydrogens (tertiary/aromatic N) is 2. The Balaban J connectivity index is 2.23. The Morgan fingerprint density at radius 1 is 1.22 bits per heavy atom. The smallest absolute Gasteiger partial charge is 0.412 e. The van der Waals surface area contributed by atoms with E-state index in [9.17, 15) is 9.59 Å². The van der Waals surface area contributed by atoms with Crippen molar-refractivity contribution < 1.29 is 23.8 Å². The lowest BCUT2D eigenvalue weighted by Gasteiger charge is -2.20. The summed E-state index contributed by atoms with van der Waals surface area (Å²) in [6.07, 6.45) is 2.74. The molecule has 0 radical (unpaired) electrons. The first-order valence-electron chi connectivity index (χ1n) is 10.6. The number of amides is 1. The monoisotopic (exact) mass is 461 g/mol. The Kier molecular flexibility index (Phi) is 8.25. The summed E-state index contributed by atoms with van der Waals surface area (Å²) >= 11 is 0. The molecule has 0 saturated heterocycles. The Morgan fingerprint density at radius 3 is 2.50 bits per heavy atom. The van der Waals surface area contributed by atoms with Gasteiger partial charge in [-0.05, 0) is 63.1 Å². The molecule has 1 amide bonds. The summed E-state index contributed by atoms with van der Waals surface area (Å²) in [5, 5.41) is 8.00. The summed E-state index contributed by atoms with van der Waals surface area (Å²) in [4.78, 5) is 24.3. The molecule has 176 valence electrons. The van der Waals surface area contributed by atoms with E-state index >= 15 is 0 Å². The summed E-state index contributed by atoms with van der Waals surface area (Å²) in [7, 11) is 0.123. The van der Waals surface area contributed by atoms with Gasteiger partial charge in [0, 0.05) is 26.3 Å². The third kappa shape index (κ3) is 8.12. The van der Waals surface area contributed by atoms with Crippen molar-refractivity contribution in [1.29, 1.82) is 0 Å². The number of aromatic nitrogens is 2. The van der Waals surface area contributed by atoms with Crippen molar-refractivity contribution >= 4 is 37.1 Å². The van der Waals surface area contributed by atoms with Crippen LogP contribution in [0, 0.1) is 6.92 Å². The molecular weight excluding hydrogens is 426 g/mol. The molecule has 1 heterocycles. The molecule has 0 unspecified atom stereocenters. The highest BCUT2D eigenvalue weighted by molar-refractivity contribution is 6.76. The van der Waals surface area contributed by atoms with Gasteiger partial charge in [-0.2, -0.15) is 5.10 Å². The van der Waals surface area contributed by atoms with Gasteiger partial charge in [-0.1, -0.05) is 19.6 Å². The lowest BCUT2D eigenvalue weighted by Crippen LogP contribution is -2.34. The van der Waals surface area contributed by atoms with Crippen LogP contribution in [0.25, 0.3) is 17.0 Å². The molecule has 9 heteroatoms. The number of ether oxygens (including phenoxy) is 3. The first kappa shape index (κ1) is 25.6. The van der Waals surface area contributed by atoms with Crippen molar-refractivity contribution in [2.45, 2.75) is 65.7 Å². The van der Waals surface area contributed by atoms with Crippen molar-refractivity contribution in [2.75, 3.05) is 13.7 Å². The topological polar surface area (TPSA) is 91.7 Å². The van der Waals surface area contributed by atoms with Gasteiger partial charge in [0.25, 0.3) is 0 Å². The Hall–Kier alpha value is -2.65. The fourth-order valence-corrected chi connectivity index (χ4v) is 3.67. The number of rotatable bonds is 8. The van der Waals surface area contributed by atoms with Crippen LogP contribution in [0.1, 0.15) is 31.9 Å². The van der Waals surface area contributed by atoms with Crippen LogP contribution in [0.2, 0.25) is 25.7 Å². The van der Waals surface area contributed by atoms with Crippen molar-refractivity contribution in [3.05, 3.63) is 35.2 Å². The number of methoxy groups -OCH3 is 1. The van der Waals surface area contributed by atoms with E-state index in [1.54, 1.807) is 31.5 Å². The zero-order valence-electron chi connectivity index (χ0n) is 20.4. The summed E-state index contributed by atoms with van der Waals surface area (Å²) in [6, 6.07) is 4.89. The maximum atomic E-state index is 12.2. The second-order valence-corrected chi connectivity index (χ2v) is 15.6. The van der Waals surface area contributed by atoms with E-state index in [1.807, 2.05) is 25.3 Å². The van der Waals surface area contributed by atoms with Crippen LogP contribution in [-0.4, -0.2) is 49.2 Å². The molecule has 0 bridgehead atoms. The fourth-order valence-electron chi connectivity index (χ4n) is 2.91. The maximum Gasteiger partial charge on any atom is 0.412 e. The van der Waals surface area contributed by atoms with Gasteiger partial charge in [-0.25, -0.2) is 14.3 Å². The molecular formula is C23H35N3O5Si. The SMILES string of the molecule is COC(=O)C(=Cc1cc(C)c2nn(COCC[Si](C)(C)C)cc2c1)NC(=O)OC(C)(C)C. The molecule has 8 nitrogen and oxygen atoms in total. The minimum absolute atomic E-state index is 0.0115. The molecule has 0 atom stereocenters. The van der Waals surface area contributed by atoms with Crippen LogP contribution >= 0.6 is 0 Å². The quantitative estimate of drug-likeness (QED) is 0.265. The average Bonchev–Trinajstić information content (AvgIpc) is 3.05. The zero-order valence-corrected chi connectivity index (χ0v) is 21.4. The summed E-state index contributed by atoms with van der Waals surface area (Å²) in [6.45, 7) is 15.2. The number of alkyl carbamates (subject to hydrolysis) is 1. The second kappa shape index (κ2) is 10.3. The molecule has 2 aromatic rings. The van der Waals surface area contributed by atoms with Crippen molar-refractivity contribution in [3.63, 3.8) is 0 Å². The average molecular weight is 462 g/mol. The minimum atomic E-state index is -1.13. The normalized spacial score (nSPS) is 12.7. The third-order valence-corrected chi connectivity index (χ3v) is 6.14. The van der Waals surface area contributed by atoms with E-state index in [1.165, 1.54) is 7.11 Å². The summed E-state index contributed by atoms with van der Waals surface area (Å²) in [5.41, 5.74) is 1.83. The lowest BCUT2D eigenvalue weighted by molar-refractivity contribution is -0.136. The van der Waals surface area contributed by atoms with Gasteiger partial charge in [-0.3, -0.25) is 5.32 Å². The van der Waals surface area contributed by atoms with Gasteiger partial charge in [-0.15, -0.1) is 0 Å². The molecule has 0 saturated carbocycles. The molecule has 0 aliphatic rings. The van der Waals surface area contributed by atoms with E-state index in [2.05, 4.69) is 30.1 Å². The zero-order chi connectivity index (χ0) is 24.1. The fraction of sp³-hybridized carbons (Fsp3) is 0.522. The van der Waals surface area contributed by atoms with E-state index < -0.39 is 25.7 Å². The maximum absolute atomic E-state index is 12.2. The number of aryl methyl sites for hydroxylation is 1. The number of fused-ring (bicyclic) bond motifs is 1. The molecule has 0 aliphatic carbocycles. The van der Waals surface area contributed by atoms with E-state index in [4.69, 9.17) is 14.2 Å². The van der Waals surface area contributed by atoms with Crippen LogP contribution in [0.5, 0.6) is 0 Å². The highest BCUT2D eigenvalue weighted by Crippen LogP contribution is 2.21. The molecule has 0 spiro atoms. The second-order valence-electron chi connectivity index (χ2n) is 9.97. The Labute approximate surface area is 190 Å². The van der Waals surface area contributed by atoms with Crippen LogP contribution < -0.4 is 5.32 Å². The molecule has 1 aromatic carbocycles. The molecule has 0 fully saturated rings. The van der Waals surface area contributed by atoms with Gasteiger partial charge >= 0.3 is 12.1 Å². The number of esters is 1. The molecule has 1 aromatic heterocycles. The van der Waals surface area contributed by atoms with E-state index in [-0.39, 0.29) is 5.70 Å². The number of carbonyl (C=O) groups excluding carboxylic acids is 2. The standard InChI is InChI=1S/C23H35N3O5Si/c1-16-11-17(13-19(21(27)29-5)24-22(28)31-23(2,3)4)12-18-14-26(25-20(16)18)15-30-9-10-32(6,7)8/h11-14H,9-10,15H2,1-8H3,(H,24,28). The van der Waals surface area contributed by atoms with Gasteiger partial charge < -0.3 is 14.2 Å². The summed E-state index contributed by atoms with van der Waals surface area (Å²) < 4.78 is 17.6. The predicted molar refractivity (Wildman–Crippen MR) is 128 cm³/mol. The number of carbonyl (C=O) groups is 2. The van der Waals surface area contributed by atoms with Crippen LogP contribution in [-0.2, 0) is 25.7 Å². The Bertz CT molecular complexity index is 999. The number of hydrogen-bond acceptors (Lipinski definition) is 6. The van der Waals surface area contributed by atoms with Gasteiger partial charge in [0.1, 0.15) is 18.0 Å². The van der Waals surface area contributed by atoms with Crippen LogP contribution in [0.15, 0.2) is 24.0 Å². The van der Waals surface area contributed by atoms with Crippen molar-refractivity contribution in [1.82, 2.24) is 15.1 Å². The minimum Gasteiger partial charge on any atom is -0.464 e. The molecule has 32 heavy (non-hydrogen) atoms. The number of hydrogen-bond donors (Lipinski definition) is 1. The van der Waals surface area contributed by atoms with E-state index in [0.717, 1.165) is 34.7 Å². The van der Waals surface area contributed by atoms with Gasteiger partial charge in [0.15, 0.2) is 0 Å². The lowest BCUT2D eigenvalue weighted by atomic mass is 10.1. The van der Waals surface area contributed by atoms with Crippen LogP contribution in [0.3, 0.4) is 0 Å². The highest BCUT2D eigenvalue weighted by atomic mass is 28.3. The number of benzene rings is 1. The number of nitrogens with one attached hydrogen (secondary N) is 1. The van der Waals surface area contributed by atoms with Gasteiger partial charge in [0.05, 0.1) is 12.6 Å². The van der Waals surface area contributed by atoms with E-state index in [0.29, 0.717) is 6.73 Å². The Morgan fingerprint density at radius 2 is 1.91 bits per heavy atom. The van der Waals surface area contributed by atoms with Gasteiger partial charge in [0.2, 0.25) is 0 Å². The first-order valence-corrected chi connectivity index (χ1v) is 14.3. The molecule has 1 N–H and O–H groups in total. The highest BCUT2D eigenvalue weighted by Gasteiger charge is 2.20. The van der Waals surface area contributed by atoms with Crippen LogP contribution in [0.4, 0.5) is 4.79 Å². The molecule has 2 rings (SSSR count). The predicted octanol–water partition coefficient (Wildman–Crippen LogP) is 4.70. The summed E-state index contributed by atoms with van der Waals surface area (Å²) in [5.74, 6) is -0.667.